The Balaban J connectivity index is 1.13. The summed E-state index contributed by atoms with van der Waals surface area (Å²) >= 11 is 2.99. The highest BCUT2D eigenvalue weighted by Crippen LogP contribution is 2.30. The third-order valence-corrected chi connectivity index (χ3v) is 8.44. The van der Waals surface area contributed by atoms with Gasteiger partial charge in [0.2, 0.25) is 5.91 Å². The molecule has 2 aromatic heterocycles. The van der Waals surface area contributed by atoms with Gasteiger partial charge in [-0.1, -0.05) is 11.3 Å². The summed E-state index contributed by atoms with van der Waals surface area (Å²) in [4.78, 5) is 25.5. The van der Waals surface area contributed by atoms with Crippen molar-refractivity contribution in [3.05, 3.63) is 32.7 Å². The molecule has 0 radical (unpaired) electrons. The monoisotopic (exact) mass is 510 g/mol. The molecule has 0 bridgehead atoms. The van der Waals surface area contributed by atoms with Crippen LogP contribution in [0, 0.1) is 12.8 Å². The number of aromatic nitrogens is 2. The molecule has 0 saturated heterocycles. The molecule has 3 heterocycles. The maximum absolute atomic E-state index is 12.3. The minimum absolute atomic E-state index is 0.0251. The minimum atomic E-state index is -2.47. The molecule has 1 saturated carbocycles. The maximum Gasteiger partial charge on any atom is 0.273 e. The molecule has 34 heavy (non-hydrogen) atoms. The zero-order valence-electron chi connectivity index (χ0n) is 19.5. The average molecular weight is 511 g/mol. The number of halogens is 2. The number of fused-ring (bicyclic) bond motifs is 1. The van der Waals surface area contributed by atoms with E-state index in [-0.39, 0.29) is 11.9 Å². The number of thiazole rings is 2. The zero-order chi connectivity index (χ0) is 23.9. The van der Waals surface area contributed by atoms with Crippen LogP contribution in [-0.4, -0.2) is 59.5 Å². The van der Waals surface area contributed by atoms with E-state index >= 15 is 0 Å². The van der Waals surface area contributed by atoms with Crippen molar-refractivity contribution in [2.75, 3.05) is 26.2 Å². The summed E-state index contributed by atoms with van der Waals surface area (Å²) in [5.74, 6) is 0.677. The van der Waals surface area contributed by atoms with Crippen LogP contribution in [0.3, 0.4) is 0 Å². The molecule has 0 aromatic carbocycles. The van der Waals surface area contributed by atoms with Crippen LogP contribution in [-0.2, 0) is 17.6 Å². The molecule has 1 amide bonds. The van der Waals surface area contributed by atoms with Crippen LogP contribution in [0.5, 0.6) is 5.19 Å². The number of nitrogens with one attached hydrogen (secondary N) is 1. The van der Waals surface area contributed by atoms with Crippen molar-refractivity contribution in [2.24, 2.45) is 5.92 Å². The normalized spacial score (nSPS) is 21.5. The summed E-state index contributed by atoms with van der Waals surface area (Å²) in [6, 6.07) is 0.262. The number of rotatable bonds is 9. The van der Waals surface area contributed by atoms with Crippen LogP contribution in [0.4, 0.5) is 8.78 Å². The largest absolute Gasteiger partial charge is 0.464 e. The van der Waals surface area contributed by atoms with Crippen molar-refractivity contribution in [3.63, 3.8) is 0 Å². The molecule has 186 valence electrons. The van der Waals surface area contributed by atoms with Gasteiger partial charge in [-0.15, -0.1) is 11.3 Å². The SMILES string of the molecule is Cc1ncc(/C=C/C(=O)NC2CCC(CCN3CCc4nc(OCC(F)F)sc4CC3)CC2)s1. The molecular formula is C24H32F2N4O2S2. The van der Waals surface area contributed by atoms with E-state index in [0.29, 0.717) is 11.1 Å². The first-order valence-corrected chi connectivity index (χ1v) is 13.6. The number of hydrogen-bond donors (Lipinski definition) is 1. The lowest BCUT2D eigenvalue weighted by Gasteiger charge is -2.30. The van der Waals surface area contributed by atoms with Crippen molar-refractivity contribution in [2.45, 2.75) is 64.3 Å². The first-order valence-electron chi connectivity index (χ1n) is 12.0. The second kappa shape index (κ2) is 12.2. The van der Waals surface area contributed by atoms with Gasteiger partial charge in [0.05, 0.1) is 10.7 Å². The third kappa shape index (κ3) is 7.55. The molecule has 2 aliphatic rings. The van der Waals surface area contributed by atoms with Gasteiger partial charge in [0, 0.05) is 47.6 Å². The molecule has 2 aromatic rings. The molecule has 4 rings (SSSR count). The maximum atomic E-state index is 12.3. The third-order valence-electron chi connectivity index (χ3n) is 6.50. The van der Waals surface area contributed by atoms with Gasteiger partial charge in [0.25, 0.3) is 11.6 Å². The Hall–Kier alpha value is -1.91. The quantitative estimate of drug-likeness (QED) is 0.494. The van der Waals surface area contributed by atoms with Crippen molar-refractivity contribution in [3.8, 4) is 5.19 Å². The predicted molar refractivity (Wildman–Crippen MR) is 132 cm³/mol. The Morgan fingerprint density at radius 3 is 2.79 bits per heavy atom. The molecule has 1 fully saturated rings. The van der Waals surface area contributed by atoms with Crippen molar-refractivity contribution in [1.82, 2.24) is 20.2 Å². The van der Waals surface area contributed by atoms with Gasteiger partial charge < -0.3 is 15.0 Å². The lowest BCUT2D eigenvalue weighted by atomic mass is 9.84. The summed E-state index contributed by atoms with van der Waals surface area (Å²) < 4.78 is 29.8. The second-order valence-corrected chi connectivity index (χ2v) is 11.3. The summed E-state index contributed by atoms with van der Waals surface area (Å²) in [7, 11) is 0. The van der Waals surface area contributed by atoms with Crippen molar-refractivity contribution < 1.29 is 18.3 Å². The first kappa shape index (κ1) is 25.2. The van der Waals surface area contributed by atoms with Gasteiger partial charge in [-0.3, -0.25) is 4.79 Å². The second-order valence-electron chi connectivity index (χ2n) is 9.02. The van der Waals surface area contributed by atoms with Crippen molar-refractivity contribution >= 4 is 34.7 Å². The van der Waals surface area contributed by atoms with Crippen molar-refractivity contribution in [1.29, 1.82) is 0 Å². The van der Waals surface area contributed by atoms with Crippen LogP contribution >= 0.6 is 22.7 Å². The fourth-order valence-corrected chi connectivity index (χ4v) is 6.27. The summed E-state index contributed by atoms with van der Waals surface area (Å²) in [6.45, 7) is 4.36. The van der Waals surface area contributed by atoms with Gasteiger partial charge in [-0.05, 0) is 64.0 Å². The van der Waals surface area contributed by atoms with Crippen LogP contribution in [0.25, 0.3) is 6.08 Å². The van der Waals surface area contributed by atoms with Crippen LogP contribution in [0.2, 0.25) is 0 Å². The molecule has 0 unspecified atom stereocenters. The number of aryl methyl sites for hydroxylation is 1. The summed E-state index contributed by atoms with van der Waals surface area (Å²) in [5.41, 5.74) is 1.01. The molecule has 1 aliphatic heterocycles. The number of hydrogen-bond acceptors (Lipinski definition) is 7. The molecule has 10 heteroatoms. The number of ether oxygens (including phenoxy) is 1. The van der Waals surface area contributed by atoms with Gasteiger partial charge >= 0.3 is 0 Å². The topological polar surface area (TPSA) is 67.4 Å². The molecule has 6 nitrogen and oxygen atoms in total. The fourth-order valence-electron chi connectivity index (χ4n) is 4.63. The minimum Gasteiger partial charge on any atom is -0.464 e. The van der Waals surface area contributed by atoms with E-state index in [1.54, 1.807) is 23.6 Å². The number of nitrogens with zero attached hydrogens (tertiary/aromatic N) is 3. The van der Waals surface area contributed by atoms with E-state index in [9.17, 15) is 13.6 Å². The van der Waals surface area contributed by atoms with Gasteiger partial charge in [-0.25, -0.2) is 18.7 Å². The van der Waals surface area contributed by atoms with E-state index in [0.717, 1.165) is 73.7 Å². The Morgan fingerprint density at radius 1 is 1.26 bits per heavy atom. The number of amides is 1. The van der Waals surface area contributed by atoms with Crippen LogP contribution < -0.4 is 10.1 Å². The van der Waals surface area contributed by atoms with Gasteiger partial charge in [0.1, 0.15) is 0 Å². The molecule has 0 spiro atoms. The molecule has 1 N–H and O–H groups in total. The average Bonchev–Trinajstić information content (AvgIpc) is 3.37. The Bertz CT molecular complexity index is 945. The number of carbonyl (C=O) groups is 1. The Labute approximate surface area is 207 Å². The number of carbonyl (C=O) groups excluding carboxylic acids is 1. The molecule has 0 atom stereocenters. The number of alkyl halides is 2. The Morgan fingerprint density at radius 2 is 2.06 bits per heavy atom. The van der Waals surface area contributed by atoms with E-state index in [1.807, 2.05) is 13.0 Å². The van der Waals surface area contributed by atoms with E-state index in [1.165, 1.54) is 22.6 Å². The highest BCUT2D eigenvalue weighted by molar-refractivity contribution is 7.13. The highest BCUT2D eigenvalue weighted by Gasteiger charge is 2.24. The summed E-state index contributed by atoms with van der Waals surface area (Å²) in [6.07, 6.45) is 10.0. The van der Waals surface area contributed by atoms with Gasteiger partial charge in [0.15, 0.2) is 6.61 Å². The predicted octanol–water partition coefficient (Wildman–Crippen LogP) is 4.73. The standard InChI is InChI=1S/C24H32F2N4O2S2/c1-16-27-14-19(33-16)6-7-23(31)28-18-4-2-17(3-5-18)8-11-30-12-9-20-21(10-13-30)34-24(29-20)32-15-22(25)26/h6-7,14,17-18,22H,2-5,8-13,15H2,1H3,(H,28,31)/b7-6+. The van der Waals surface area contributed by atoms with Crippen LogP contribution in [0.15, 0.2) is 12.3 Å². The molecule has 1 aliphatic carbocycles. The van der Waals surface area contributed by atoms with Crippen LogP contribution in [0.1, 0.15) is 52.6 Å². The van der Waals surface area contributed by atoms with Gasteiger partial charge in [-0.2, -0.15) is 0 Å². The highest BCUT2D eigenvalue weighted by atomic mass is 32.1. The lowest BCUT2D eigenvalue weighted by molar-refractivity contribution is -0.117. The molecular weight excluding hydrogens is 478 g/mol. The van der Waals surface area contributed by atoms with E-state index < -0.39 is 13.0 Å². The summed E-state index contributed by atoms with van der Waals surface area (Å²) in [5, 5.41) is 4.52. The Kier molecular flexibility index (Phi) is 9.02. The fraction of sp³-hybridized carbons (Fsp3) is 0.625. The lowest BCUT2D eigenvalue weighted by Crippen LogP contribution is -2.37. The smallest absolute Gasteiger partial charge is 0.273 e. The zero-order valence-corrected chi connectivity index (χ0v) is 21.1. The first-order chi connectivity index (χ1) is 16.4. The van der Waals surface area contributed by atoms with E-state index in [2.05, 4.69) is 20.2 Å². The van der Waals surface area contributed by atoms with E-state index in [4.69, 9.17) is 4.74 Å².